The number of hydrogen-bond acceptors (Lipinski definition) is 4. The molecule has 2 atom stereocenters. The minimum absolute atomic E-state index is 0.127. The van der Waals surface area contributed by atoms with Gasteiger partial charge >= 0.3 is 12.1 Å². The molecule has 1 aliphatic rings. The summed E-state index contributed by atoms with van der Waals surface area (Å²) >= 11 is 0. The van der Waals surface area contributed by atoms with Crippen LogP contribution in [-0.4, -0.2) is 34.6 Å². The van der Waals surface area contributed by atoms with E-state index in [9.17, 15) is 18.0 Å². The largest absolute Gasteiger partial charge is 0.461 e. The minimum Gasteiger partial charge on any atom is -0.461 e. The molecule has 0 spiro atoms. The molecule has 0 bridgehead atoms. The first kappa shape index (κ1) is 16.4. The van der Waals surface area contributed by atoms with E-state index in [1.165, 1.54) is 6.07 Å². The standard InChI is InChI=1S/C14H18F3N3O2/c1-4-8(3)9-6-11(14(15,16)17)20-12(18-9)7-10(19-20)13(21)22-5-2/h4,7,9,11,18H,5-6H2,1-3H3/b8-4+. The molecule has 0 radical (unpaired) electrons. The van der Waals surface area contributed by atoms with Crippen LogP contribution in [0.4, 0.5) is 19.0 Å². The number of rotatable bonds is 3. The first-order valence-corrected chi connectivity index (χ1v) is 7.00. The summed E-state index contributed by atoms with van der Waals surface area (Å²) in [5.41, 5.74) is 0.678. The van der Waals surface area contributed by atoms with Crippen molar-refractivity contribution in [3.63, 3.8) is 0 Å². The van der Waals surface area contributed by atoms with Crippen LogP contribution in [0.3, 0.4) is 0 Å². The van der Waals surface area contributed by atoms with Crippen molar-refractivity contribution in [3.8, 4) is 0 Å². The van der Waals surface area contributed by atoms with E-state index in [-0.39, 0.29) is 24.5 Å². The van der Waals surface area contributed by atoms with E-state index in [1.807, 2.05) is 0 Å². The van der Waals surface area contributed by atoms with E-state index in [0.29, 0.717) is 0 Å². The highest BCUT2D eigenvalue weighted by molar-refractivity contribution is 5.88. The molecule has 2 unspecified atom stereocenters. The predicted molar refractivity (Wildman–Crippen MR) is 74.7 cm³/mol. The van der Waals surface area contributed by atoms with Crippen LogP contribution in [0, 0.1) is 0 Å². The van der Waals surface area contributed by atoms with Gasteiger partial charge in [-0.3, -0.25) is 0 Å². The Hall–Kier alpha value is -1.99. The number of nitrogens with one attached hydrogen (secondary N) is 1. The smallest absolute Gasteiger partial charge is 0.410 e. The number of fused-ring (bicyclic) bond motifs is 1. The quantitative estimate of drug-likeness (QED) is 0.686. The summed E-state index contributed by atoms with van der Waals surface area (Å²) in [4.78, 5) is 11.7. The maximum atomic E-state index is 13.3. The van der Waals surface area contributed by atoms with E-state index >= 15 is 0 Å². The fraction of sp³-hybridized carbons (Fsp3) is 0.571. The molecule has 22 heavy (non-hydrogen) atoms. The van der Waals surface area contributed by atoms with Gasteiger partial charge in [0.25, 0.3) is 0 Å². The zero-order chi connectivity index (χ0) is 16.5. The number of alkyl halides is 3. The molecule has 0 saturated carbocycles. The van der Waals surface area contributed by atoms with Gasteiger partial charge in [-0.2, -0.15) is 18.3 Å². The maximum Gasteiger partial charge on any atom is 0.410 e. The van der Waals surface area contributed by atoms with Crippen molar-refractivity contribution in [3.05, 3.63) is 23.4 Å². The summed E-state index contributed by atoms with van der Waals surface area (Å²) in [6.07, 6.45) is -2.85. The highest BCUT2D eigenvalue weighted by Gasteiger charge is 2.46. The fourth-order valence-corrected chi connectivity index (χ4v) is 2.38. The molecule has 2 rings (SSSR count). The lowest BCUT2D eigenvalue weighted by atomic mass is 9.98. The molecule has 1 aliphatic heterocycles. The van der Waals surface area contributed by atoms with Crippen molar-refractivity contribution in [1.82, 2.24) is 9.78 Å². The number of nitrogens with zero attached hydrogens (tertiary/aromatic N) is 2. The molecule has 0 aliphatic carbocycles. The van der Waals surface area contributed by atoms with Gasteiger partial charge in [0.2, 0.25) is 0 Å². The van der Waals surface area contributed by atoms with Crippen LogP contribution in [0.5, 0.6) is 0 Å². The molecule has 5 nitrogen and oxygen atoms in total. The van der Waals surface area contributed by atoms with Gasteiger partial charge in [-0.05, 0) is 20.8 Å². The number of carbonyl (C=O) groups excluding carboxylic acids is 1. The number of hydrogen-bond donors (Lipinski definition) is 1. The van der Waals surface area contributed by atoms with Gasteiger partial charge in [-0.15, -0.1) is 0 Å². The van der Waals surface area contributed by atoms with Gasteiger partial charge < -0.3 is 10.1 Å². The van der Waals surface area contributed by atoms with Crippen LogP contribution in [-0.2, 0) is 4.74 Å². The molecule has 1 N–H and O–H groups in total. The Kier molecular flexibility index (Phi) is 4.48. The monoisotopic (exact) mass is 317 g/mol. The summed E-state index contributed by atoms with van der Waals surface area (Å²) in [7, 11) is 0. The van der Waals surface area contributed by atoms with Crippen molar-refractivity contribution in [1.29, 1.82) is 0 Å². The van der Waals surface area contributed by atoms with Crippen LogP contribution < -0.4 is 5.32 Å². The van der Waals surface area contributed by atoms with Gasteiger partial charge in [0.15, 0.2) is 11.7 Å². The van der Waals surface area contributed by atoms with E-state index in [4.69, 9.17) is 4.74 Å². The first-order chi connectivity index (χ1) is 10.3. The first-order valence-electron chi connectivity index (χ1n) is 7.00. The van der Waals surface area contributed by atoms with E-state index < -0.39 is 24.2 Å². The van der Waals surface area contributed by atoms with Crippen LogP contribution in [0.2, 0.25) is 0 Å². The Labute approximate surface area is 126 Å². The van der Waals surface area contributed by atoms with Gasteiger partial charge in [-0.25, -0.2) is 9.48 Å². The summed E-state index contributed by atoms with van der Waals surface area (Å²) in [6.45, 7) is 5.30. The molecule has 2 heterocycles. The highest BCUT2D eigenvalue weighted by atomic mass is 19.4. The summed E-state index contributed by atoms with van der Waals surface area (Å²) in [5.74, 6) is -0.561. The Bertz CT molecular complexity index is 593. The summed E-state index contributed by atoms with van der Waals surface area (Å²) in [5, 5.41) is 6.77. The fourth-order valence-electron chi connectivity index (χ4n) is 2.38. The van der Waals surface area contributed by atoms with Crippen LogP contribution >= 0.6 is 0 Å². The Morgan fingerprint density at radius 1 is 1.59 bits per heavy atom. The number of allylic oxidation sites excluding steroid dienone is 1. The topological polar surface area (TPSA) is 56.2 Å². The van der Waals surface area contributed by atoms with Crippen molar-refractivity contribution < 1.29 is 22.7 Å². The SMILES string of the molecule is C/C=C(\C)C1CC(C(F)(F)F)n2nc(C(=O)OCC)cc2N1. The van der Waals surface area contributed by atoms with Crippen molar-refractivity contribution >= 4 is 11.8 Å². The predicted octanol–water partition coefficient (Wildman–Crippen LogP) is 3.31. The average molecular weight is 317 g/mol. The number of aromatic nitrogens is 2. The summed E-state index contributed by atoms with van der Waals surface area (Å²) < 4.78 is 45.5. The lowest BCUT2D eigenvalue weighted by Gasteiger charge is -2.33. The zero-order valence-electron chi connectivity index (χ0n) is 12.6. The molecule has 0 amide bonds. The third-order valence-corrected chi connectivity index (χ3v) is 3.68. The second-order valence-corrected chi connectivity index (χ2v) is 5.10. The van der Waals surface area contributed by atoms with Crippen LogP contribution in [0.15, 0.2) is 17.7 Å². The Morgan fingerprint density at radius 2 is 2.27 bits per heavy atom. The lowest BCUT2D eigenvalue weighted by molar-refractivity contribution is -0.173. The highest BCUT2D eigenvalue weighted by Crippen LogP contribution is 2.40. The normalized spacial score (nSPS) is 22.0. The summed E-state index contributed by atoms with van der Waals surface area (Å²) in [6, 6.07) is -0.922. The van der Waals surface area contributed by atoms with Crippen LogP contribution in [0.1, 0.15) is 43.7 Å². The molecule has 0 fully saturated rings. The number of halogens is 3. The lowest BCUT2D eigenvalue weighted by Crippen LogP contribution is -2.39. The maximum absolute atomic E-state index is 13.3. The van der Waals surface area contributed by atoms with E-state index in [0.717, 1.165) is 10.3 Å². The Balaban J connectivity index is 2.41. The number of carbonyl (C=O) groups is 1. The van der Waals surface area contributed by atoms with Crippen molar-refractivity contribution in [2.45, 2.75) is 45.5 Å². The molecular weight excluding hydrogens is 299 g/mol. The average Bonchev–Trinajstić information content (AvgIpc) is 2.88. The van der Waals surface area contributed by atoms with Gasteiger partial charge in [0, 0.05) is 12.5 Å². The molecule has 122 valence electrons. The van der Waals surface area contributed by atoms with E-state index in [2.05, 4.69) is 10.4 Å². The number of esters is 1. The second kappa shape index (κ2) is 6.02. The van der Waals surface area contributed by atoms with Crippen molar-refractivity contribution in [2.75, 3.05) is 11.9 Å². The number of ether oxygens (including phenoxy) is 1. The minimum atomic E-state index is -4.44. The van der Waals surface area contributed by atoms with Crippen molar-refractivity contribution in [2.24, 2.45) is 0 Å². The number of anilines is 1. The second-order valence-electron chi connectivity index (χ2n) is 5.10. The Morgan fingerprint density at radius 3 is 2.82 bits per heavy atom. The van der Waals surface area contributed by atoms with Gasteiger partial charge in [0.05, 0.1) is 12.6 Å². The van der Waals surface area contributed by atoms with Gasteiger partial charge in [-0.1, -0.05) is 11.6 Å². The zero-order valence-corrected chi connectivity index (χ0v) is 12.6. The molecule has 8 heteroatoms. The molecule has 1 aromatic rings. The van der Waals surface area contributed by atoms with E-state index in [1.54, 1.807) is 26.8 Å². The molecular formula is C14H18F3N3O2. The molecule has 0 saturated heterocycles. The molecule has 0 aromatic carbocycles. The van der Waals surface area contributed by atoms with Crippen LogP contribution in [0.25, 0.3) is 0 Å². The third kappa shape index (κ3) is 3.10. The third-order valence-electron chi connectivity index (χ3n) is 3.68. The molecule has 1 aromatic heterocycles. The van der Waals surface area contributed by atoms with Gasteiger partial charge in [0.1, 0.15) is 5.82 Å².